The predicted molar refractivity (Wildman–Crippen MR) is 78.6 cm³/mol. The molecule has 1 aromatic carbocycles. The average molecular weight is 316 g/mol. The van der Waals surface area contributed by atoms with Gasteiger partial charge in [-0.25, -0.2) is 0 Å². The van der Waals surface area contributed by atoms with Crippen molar-refractivity contribution in [1.29, 1.82) is 5.26 Å². The molecule has 1 unspecified atom stereocenters. The van der Waals surface area contributed by atoms with Crippen molar-refractivity contribution >= 4 is 46.6 Å². The Morgan fingerprint density at radius 2 is 2.11 bits per heavy atom. The molecule has 19 heavy (non-hydrogen) atoms. The molecule has 1 aliphatic heterocycles. The second-order valence-electron chi connectivity index (χ2n) is 4.07. The Morgan fingerprint density at radius 3 is 2.68 bits per heavy atom. The summed E-state index contributed by atoms with van der Waals surface area (Å²) >= 11 is 13.5. The van der Waals surface area contributed by atoms with E-state index in [-0.39, 0.29) is 21.6 Å². The highest BCUT2D eigenvalue weighted by Crippen LogP contribution is 2.30. The summed E-state index contributed by atoms with van der Waals surface area (Å²) < 4.78 is 0. The van der Waals surface area contributed by atoms with E-state index in [2.05, 4.69) is 6.07 Å². The van der Waals surface area contributed by atoms with Gasteiger partial charge in [-0.1, -0.05) is 23.2 Å². The molecule has 0 spiro atoms. The van der Waals surface area contributed by atoms with Gasteiger partial charge in [0.15, 0.2) is 0 Å². The first-order valence-electron chi connectivity index (χ1n) is 5.57. The Hall–Kier alpha value is -1.09. The van der Waals surface area contributed by atoms with Gasteiger partial charge in [0.25, 0.3) is 5.91 Å². The molecule has 2 rings (SSSR count). The van der Waals surface area contributed by atoms with Gasteiger partial charge in [-0.15, -0.1) is 0 Å². The number of hydrogen-bond acceptors (Lipinski definition) is 4. The van der Waals surface area contributed by atoms with Gasteiger partial charge in [-0.2, -0.15) is 17.0 Å². The van der Waals surface area contributed by atoms with E-state index in [1.54, 1.807) is 16.7 Å². The number of thioether (sulfide) groups is 1. The SMILES string of the molecule is N#CC1CSCCN1C(=O)c1cc(Cl)c(N)c(Cl)c1. The van der Waals surface area contributed by atoms with E-state index < -0.39 is 6.04 Å². The van der Waals surface area contributed by atoms with Crippen LogP contribution in [0.5, 0.6) is 0 Å². The van der Waals surface area contributed by atoms with E-state index in [9.17, 15) is 4.79 Å². The zero-order chi connectivity index (χ0) is 14.0. The minimum Gasteiger partial charge on any atom is -0.396 e. The molecule has 1 aliphatic rings. The topological polar surface area (TPSA) is 70.1 Å². The van der Waals surface area contributed by atoms with Crippen LogP contribution >= 0.6 is 35.0 Å². The second kappa shape index (κ2) is 5.91. The Kier molecular flexibility index (Phi) is 4.46. The molecular formula is C12H11Cl2N3OS. The maximum absolute atomic E-state index is 12.4. The van der Waals surface area contributed by atoms with Gasteiger partial charge in [0.05, 0.1) is 21.8 Å². The fourth-order valence-electron chi connectivity index (χ4n) is 1.83. The molecule has 1 amide bonds. The molecular weight excluding hydrogens is 305 g/mol. The summed E-state index contributed by atoms with van der Waals surface area (Å²) in [5.74, 6) is 1.20. The van der Waals surface area contributed by atoms with Crippen LogP contribution in [-0.4, -0.2) is 34.9 Å². The maximum atomic E-state index is 12.4. The first-order valence-corrected chi connectivity index (χ1v) is 7.48. The van der Waals surface area contributed by atoms with E-state index in [1.807, 2.05) is 0 Å². The van der Waals surface area contributed by atoms with E-state index in [0.29, 0.717) is 17.9 Å². The first-order chi connectivity index (χ1) is 9.04. The predicted octanol–water partition coefficient (Wildman–Crippen LogP) is 2.66. The third-order valence-electron chi connectivity index (χ3n) is 2.86. The van der Waals surface area contributed by atoms with Crippen LogP contribution in [-0.2, 0) is 0 Å². The van der Waals surface area contributed by atoms with E-state index in [4.69, 9.17) is 34.2 Å². The molecule has 100 valence electrons. The number of nitrogen functional groups attached to an aromatic ring is 1. The van der Waals surface area contributed by atoms with Crippen molar-refractivity contribution in [3.05, 3.63) is 27.7 Å². The van der Waals surface area contributed by atoms with E-state index >= 15 is 0 Å². The lowest BCUT2D eigenvalue weighted by Crippen LogP contribution is -2.45. The van der Waals surface area contributed by atoms with Gasteiger partial charge in [0, 0.05) is 23.6 Å². The highest BCUT2D eigenvalue weighted by atomic mass is 35.5. The third-order valence-corrected chi connectivity index (χ3v) is 4.51. The fraction of sp³-hybridized carbons (Fsp3) is 0.333. The molecule has 0 aliphatic carbocycles. The Labute approximate surface area is 125 Å². The number of nitrogens with two attached hydrogens (primary N) is 1. The van der Waals surface area contributed by atoms with Crippen molar-refractivity contribution in [2.45, 2.75) is 6.04 Å². The number of nitriles is 1. The monoisotopic (exact) mass is 315 g/mol. The second-order valence-corrected chi connectivity index (χ2v) is 6.04. The molecule has 1 saturated heterocycles. The molecule has 7 heteroatoms. The summed E-state index contributed by atoms with van der Waals surface area (Å²) in [5, 5.41) is 9.57. The van der Waals surface area contributed by atoms with Gasteiger partial charge < -0.3 is 10.6 Å². The van der Waals surface area contributed by atoms with Crippen LogP contribution in [0.25, 0.3) is 0 Å². The molecule has 0 aromatic heterocycles. The summed E-state index contributed by atoms with van der Waals surface area (Å²) in [4.78, 5) is 13.9. The first kappa shape index (κ1) is 14.3. The van der Waals surface area contributed by atoms with Crippen LogP contribution in [0.4, 0.5) is 5.69 Å². The van der Waals surface area contributed by atoms with Crippen molar-refractivity contribution < 1.29 is 4.79 Å². The fourth-order valence-corrected chi connectivity index (χ4v) is 3.28. The summed E-state index contributed by atoms with van der Waals surface area (Å²) in [6, 6.07) is 4.70. The van der Waals surface area contributed by atoms with Gasteiger partial charge in [0.2, 0.25) is 0 Å². The quantitative estimate of drug-likeness (QED) is 0.809. The van der Waals surface area contributed by atoms with Crippen molar-refractivity contribution in [2.24, 2.45) is 0 Å². The number of anilines is 1. The van der Waals surface area contributed by atoms with Crippen LogP contribution in [0, 0.1) is 11.3 Å². The van der Waals surface area contributed by atoms with Gasteiger partial charge >= 0.3 is 0 Å². The number of halogens is 2. The molecule has 2 N–H and O–H groups in total. The van der Waals surface area contributed by atoms with Crippen LogP contribution in [0.3, 0.4) is 0 Å². The third kappa shape index (κ3) is 2.92. The zero-order valence-electron chi connectivity index (χ0n) is 9.90. The van der Waals surface area contributed by atoms with Crippen LogP contribution in [0.2, 0.25) is 10.0 Å². The van der Waals surface area contributed by atoms with Crippen molar-refractivity contribution in [2.75, 3.05) is 23.8 Å². The largest absolute Gasteiger partial charge is 0.396 e. The minimum absolute atomic E-state index is 0.240. The van der Waals surface area contributed by atoms with Gasteiger partial charge in [-0.3, -0.25) is 4.79 Å². The zero-order valence-corrected chi connectivity index (χ0v) is 12.2. The molecule has 1 heterocycles. The molecule has 4 nitrogen and oxygen atoms in total. The van der Waals surface area contributed by atoms with E-state index in [1.165, 1.54) is 12.1 Å². The Balaban J connectivity index is 2.31. The number of benzene rings is 1. The van der Waals surface area contributed by atoms with Crippen molar-refractivity contribution in [1.82, 2.24) is 4.90 Å². The number of carbonyl (C=O) groups excluding carboxylic acids is 1. The maximum Gasteiger partial charge on any atom is 0.255 e. The Morgan fingerprint density at radius 1 is 1.47 bits per heavy atom. The number of amides is 1. The highest BCUT2D eigenvalue weighted by Gasteiger charge is 2.28. The lowest BCUT2D eigenvalue weighted by atomic mass is 10.1. The van der Waals surface area contributed by atoms with Crippen LogP contribution < -0.4 is 5.73 Å². The van der Waals surface area contributed by atoms with Crippen LogP contribution in [0.1, 0.15) is 10.4 Å². The minimum atomic E-state index is -0.415. The summed E-state index contributed by atoms with van der Waals surface area (Å²) in [6.45, 7) is 0.543. The van der Waals surface area contributed by atoms with Crippen LogP contribution in [0.15, 0.2) is 12.1 Å². The number of hydrogen-bond donors (Lipinski definition) is 1. The van der Waals surface area contributed by atoms with E-state index in [0.717, 1.165) is 5.75 Å². The normalized spacial score (nSPS) is 19.0. The summed E-state index contributed by atoms with van der Waals surface area (Å²) in [7, 11) is 0. The molecule has 0 bridgehead atoms. The molecule has 1 fully saturated rings. The number of rotatable bonds is 1. The molecule has 0 radical (unpaired) electrons. The van der Waals surface area contributed by atoms with Crippen molar-refractivity contribution in [3.63, 3.8) is 0 Å². The summed E-state index contributed by atoms with van der Waals surface area (Å²) in [6.07, 6.45) is 0. The smallest absolute Gasteiger partial charge is 0.255 e. The molecule has 1 atom stereocenters. The van der Waals surface area contributed by atoms with Gasteiger partial charge in [-0.05, 0) is 12.1 Å². The Bertz CT molecular complexity index is 535. The lowest BCUT2D eigenvalue weighted by molar-refractivity contribution is 0.0737. The standard InChI is InChI=1S/C12H11Cl2N3OS/c13-9-3-7(4-10(14)11(9)16)12(18)17-1-2-19-6-8(17)5-15/h3-4,8H,1-2,6,16H2. The molecule has 0 saturated carbocycles. The highest BCUT2D eigenvalue weighted by molar-refractivity contribution is 7.99. The lowest BCUT2D eigenvalue weighted by Gasteiger charge is -2.31. The number of carbonyl (C=O) groups is 1. The van der Waals surface area contributed by atoms with Gasteiger partial charge in [0.1, 0.15) is 6.04 Å². The molecule has 1 aromatic rings. The number of nitrogens with zero attached hydrogens (tertiary/aromatic N) is 2. The van der Waals surface area contributed by atoms with Crippen molar-refractivity contribution in [3.8, 4) is 6.07 Å². The summed E-state index contributed by atoms with van der Waals surface area (Å²) in [5.41, 5.74) is 6.25. The average Bonchev–Trinajstić information content (AvgIpc) is 2.43.